The zero-order chi connectivity index (χ0) is 14.0. The average Bonchev–Trinajstić information content (AvgIpc) is 2.87. The van der Waals surface area contributed by atoms with Gasteiger partial charge in [0.05, 0.1) is 17.9 Å². The largest absolute Gasteiger partial charge is 0.373 e. The topological polar surface area (TPSA) is 51.1 Å². The molecule has 0 spiro atoms. The number of hydrogen-bond acceptors (Lipinski definition) is 6. The maximum Gasteiger partial charge on any atom is 0.188 e. The quantitative estimate of drug-likeness (QED) is 0.867. The van der Waals surface area contributed by atoms with Crippen LogP contribution in [0.15, 0.2) is 23.8 Å². The monoisotopic (exact) mass is 290 g/mol. The molecule has 3 rings (SSSR count). The molecule has 0 bridgehead atoms. The lowest BCUT2D eigenvalue weighted by molar-refractivity contribution is -0.0884. The predicted molar refractivity (Wildman–Crippen MR) is 78.4 cm³/mol. The minimum atomic E-state index is -0.0698. The first kappa shape index (κ1) is 13.6. The van der Waals surface area contributed by atoms with Gasteiger partial charge < -0.3 is 4.74 Å². The van der Waals surface area contributed by atoms with Crippen LogP contribution in [0.3, 0.4) is 0 Å². The van der Waals surface area contributed by atoms with Gasteiger partial charge in [-0.15, -0.1) is 11.3 Å². The Morgan fingerprint density at radius 1 is 1.35 bits per heavy atom. The number of morpholine rings is 1. The summed E-state index contributed by atoms with van der Waals surface area (Å²) in [7, 11) is 0. The lowest BCUT2D eigenvalue weighted by Gasteiger charge is -2.37. The number of thiazole rings is 1. The molecule has 1 saturated heterocycles. The van der Waals surface area contributed by atoms with E-state index in [1.54, 1.807) is 23.7 Å². The molecule has 20 heavy (non-hydrogen) atoms. The molecule has 0 amide bonds. The van der Waals surface area contributed by atoms with Crippen LogP contribution in [0.4, 0.5) is 0 Å². The number of hydrogen-bond donors (Lipinski definition) is 0. The lowest BCUT2D eigenvalue weighted by Crippen LogP contribution is -2.47. The summed E-state index contributed by atoms with van der Waals surface area (Å²) in [4.78, 5) is 15.5. The Balaban J connectivity index is 1.69. The maximum absolute atomic E-state index is 5.73. The van der Waals surface area contributed by atoms with E-state index in [4.69, 9.17) is 4.74 Å². The van der Waals surface area contributed by atoms with Gasteiger partial charge in [-0.3, -0.25) is 4.90 Å². The van der Waals surface area contributed by atoms with Gasteiger partial charge in [-0.1, -0.05) is 0 Å². The molecule has 0 unspecified atom stereocenters. The third-order valence-corrected chi connectivity index (χ3v) is 4.09. The molecule has 5 nitrogen and oxygen atoms in total. The summed E-state index contributed by atoms with van der Waals surface area (Å²) in [5.41, 5.74) is 1.01. The minimum Gasteiger partial charge on any atom is -0.373 e. The standard InChI is InChI=1S/C14H18N4OS/c1-14(2)10-18(6-7-19-14)8-11-9-20-13(17-11)12-15-4-3-5-16-12/h3-5,9H,6-8,10H2,1-2H3. The Morgan fingerprint density at radius 3 is 2.90 bits per heavy atom. The molecular formula is C14H18N4OS. The molecule has 0 atom stereocenters. The summed E-state index contributed by atoms with van der Waals surface area (Å²) in [5.74, 6) is 0.700. The zero-order valence-electron chi connectivity index (χ0n) is 11.7. The number of aromatic nitrogens is 3. The second-order valence-corrected chi connectivity index (χ2v) is 6.39. The van der Waals surface area contributed by atoms with Gasteiger partial charge >= 0.3 is 0 Å². The molecule has 2 aromatic rings. The Kier molecular flexibility index (Phi) is 3.78. The molecule has 0 saturated carbocycles. The molecule has 3 heterocycles. The molecular weight excluding hydrogens is 272 g/mol. The van der Waals surface area contributed by atoms with Gasteiger partial charge in [0.2, 0.25) is 0 Å². The van der Waals surface area contributed by atoms with Crippen LogP contribution in [0, 0.1) is 0 Å². The van der Waals surface area contributed by atoms with E-state index < -0.39 is 0 Å². The number of rotatable bonds is 3. The molecule has 1 aliphatic heterocycles. The van der Waals surface area contributed by atoms with Crippen molar-refractivity contribution in [3.8, 4) is 10.8 Å². The van der Waals surface area contributed by atoms with Crippen LogP contribution < -0.4 is 0 Å². The molecule has 0 N–H and O–H groups in total. The predicted octanol–water partition coefficient (Wildman–Crippen LogP) is 2.21. The maximum atomic E-state index is 5.73. The summed E-state index contributed by atoms with van der Waals surface area (Å²) in [5, 5.41) is 2.97. The third-order valence-electron chi connectivity index (χ3n) is 3.20. The fourth-order valence-corrected chi connectivity index (χ4v) is 3.13. The molecule has 1 fully saturated rings. The Bertz CT molecular complexity index is 570. The fraction of sp³-hybridized carbons (Fsp3) is 0.500. The molecule has 2 aromatic heterocycles. The zero-order valence-corrected chi connectivity index (χ0v) is 12.6. The van der Waals surface area contributed by atoms with E-state index in [2.05, 4.69) is 39.1 Å². The Labute approximate surface area is 122 Å². The SMILES string of the molecule is CC1(C)CN(Cc2csc(-c3ncccn3)n2)CCO1. The first-order chi connectivity index (χ1) is 9.62. The highest BCUT2D eigenvalue weighted by molar-refractivity contribution is 7.13. The van der Waals surface area contributed by atoms with Crippen LogP contribution >= 0.6 is 11.3 Å². The van der Waals surface area contributed by atoms with E-state index in [1.807, 2.05) is 6.07 Å². The van der Waals surface area contributed by atoms with Gasteiger partial charge in [-0.05, 0) is 19.9 Å². The second-order valence-electron chi connectivity index (χ2n) is 5.54. The van der Waals surface area contributed by atoms with Crippen LogP contribution in [-0.2, 0) is 11.3 Å². The van der Waals surface area contributed by atoms with Gasteiger partial charge in [0.15, 0.2) is 10.8 Å². The van der Waals surface area contributed by atoms with Crippen molar-refractivity contribution in [2.75, 3.05) is 19.7 Å². The lowest BCUT2D eigenvalue weighted by atomic mass is 10.1. The molecule has 0 aliphatic carbocycles. The van der Waals surface area contributed by atoms with Crippen molar-refractivity contribution >= 4 is 11.3 Å². The van der Waals surface area contributed by atoms with E-state index in [0.29, 0.717) is 5.82 Å². The normalized spacial score (nSPS) is 19.1. The number of ether oxygens (including phenoxy) is 1. The molecule has 1 aliphatic rings. The van der Waals surface area contributed by atoms with Gasteiger partial charge in [0.25, 0.3) is 0 Å². The van der Waals surface area contributed by atoms with Gasteiger partial charge in [0.1, 0.15) is 0 Å². The van der Waals surface area contributed by atoms with Crippen molar-refractivity contribution in [3.05, 3.63) is 29.5 Å². The van der Waals surface area contributed by atoms with Crippen LogP contribution in [0.2, 0.25) is 0 Å². The second kappa shape index (κ2) is 5.55. The van der Waals surface area contributed by atoms with E-state index in [0.717, 1.165) is 36.9 Å². The highest BCUT2D eigenvalue weighted by Gasteiger charge is 2.27. The van der Waals surface area contributed by atoms with E-state index in [9.17, 15) is 0 Å². The van der Waals surface area contributed by atoms with Crippen molar-refractivity contribution in [2.24, 2.45) is 0 Å². The molecule has 106 valence electrons. The highest BCUT2D eigenvalue weighted by atomic mass is 32.1. The summed E-state index contributed by atoms with van der Waals surface area (Å²) < 4.78 is 5.73. The van der Waals surface area contributed by atoms with Crippen molar-refractivity contribution < 1.29 is 4.74 Å². The van der Waals surface area contributed by atoms with Crippen LogP contribution in [0.5, 0.6) is 0 Å². The smallest absolute Gasteiger partial charge is 0.188 e. The molecule has 6 heteroatoms. The molecule has 0 aromatic carbocycles. The van der Waals surface area contributed by atoms with Crippen LogP contribution in [-0.4, -0.2) is 45.1 Å². The first-order valence-electron chi connectivity index (χ1n) is 6.70. The summed E-state index contributed by atoms with van der Waals surface area (Å²) in [6, 6.07) is 1.81. The van der Waals surface area contributed by atoms with Crippen molar-refractivity contribution in [2.45, 2.75) is 26.0 Å². The molecule has 0 radical (unpaired) electrons. The Morgan fingerprint density at radius 2 is 2.15 bits per heavy atom. The van der Waals surface area contributed by atoms with Crippen molar-refractivity contribution in [3.63, 3.8) is 0 Å². The van der Waals surface area contributed by atoms with Gasteiger partial charge in [0, 0.05) is 37.4 Å². The Hall–Kier alpha value is -1.37. The van der Waals surface area contributed by atoms with Crippen LogP contribution in [0.25, 0.3) is 10.8 Å². The number of nitrogens with zero attached hydrogens (tertiary/aromatic N) is 4. The van der Waals surface area contributed by atoms with Crippen molar-refractivity contribution in [1.29, 1.82) is 0 Å². The summed E-state index contributed by atoms with van der Waals surface area (Å²) in [6.45, 7) is 7.79. The van der Waals surface area contributed by atoms with Gasteiger partial charge in [-0.2, -0.15) is 0 Å². The minimum absolute atomic E-state index is 0.0698. The van der Waals surface area contributed by atoms with Gasteiger partial charge in [-0.25, -0.2) is 15.0 Å². The fourth-order valence-electron chi connectivity index (χ4n) is 2.37. The third kappa shape index (κ3) is 3.20. The highest BCUT2D eigenvalue weighted by Crippen LogP contribution is 2.22. The van der Waals surface area contributed by atoms with E-state index in [-0.39, 0.29) is 5.60 Å². The van der Waals surface area contributed by atoms with Crippen LogP contribution in [0.1, 0.15) is 19.5 Å². The average molecular weight is 290 g/mol. The van der Waals surface area contributed by atoms with Crippen molar-refractivity contribution in [1.82, 2.24) is 19.9 Å². The summed E-state index contributed by atoms with van der Waals surface area (Å²) >= 11 is 1.60. The van der Waals surface area contributed by atoms with E-state index >= 15 is 0 Å². The first-order valence-corrected chi connectivity index (χ1v) is 7.58. The summed E-state index contributed by atoms with van der Waals surface area (Å²) in [6.07, 6.45) is 3.49. The van der Waals surface area contributed by atoms with E-state index in [1.165, 1.54) is 0 Å².